The molecule has 4 unspecified atom stereocenters. The topological polar surface area (TPSA) is 24.8 Å². The van der Waals surface area contributed by atoms with Crippen molar-refractivity contribution in [3.63, 3.8) is 0 Å². The van der Waals surface area contributed by atoms with Gasteiger partial charge in [0.1, 0.15) is 0 Å². The van der Waals surface area contributed by atoms with Crippen LogP contribution in [-0.4, -0.2) is 49.8 Å². The molecule has 0 saturated carbocycles. The van der Waals surface area contributed by atoms with Gasteiger partial charge in [0.15, 0.2) is 0 Å². The van der Waals surface area contributed by atoms with Crippen LogP contribution in [0.25, 0.3) is 0 Å². The van der Waals surface area contributed by atoms with E-state index in [0.717, 1.165) is 18.0 Å². The molecule has 0 radical (unpaired) electrons. The highest BCUT2D eigenvalue weighted by Gasteiger charge is 2.37. The minimum absolute atomic E-state index is 0.211. The van der Waals surface area contributed by atoms with E-state index < -0.39 is 0 Å². The first-order chi connectivity index (χ1) is 12.1. The van der Waals surface area contributed by atoms with Gasteiger partial charge in [0.05, 0.1) is 11.1 Å². The lowest BCUT2D eigenvalue weighted by Crippen LogP contribution is -2.45. The Morgan fingerprint density at radius 2 is 2.16 bits per heavy atom. The van der Waals surface area contributed by atoms with Crippen molar-refractivity contribution in [1.82, 2.24) is 4.90 Å². The molecule has 4 heteroatoms. The summed E-state index contributed by atoms with van der Waals surface area (Å²) in [6, 6.07) is 11.2. The highest BCUT2D eigenvalue weighted by atomic mass is 32.2. The standard InChI is InChI=1S/C21H32N2OS/c1-6-25-21(22-3)18(15-17-11-8-7-9-12-17)16(2)20(24-5)19-13-10-14-23(19)4/h6-9,11-12,16,18-20H,1,10,13-15H2,2-5H3. The number of methoxy groups -OCH3 is 1. The second-order valence-corrected chi connectivity index (χ2v) is 7.88. The van der Waals surface area contributed by atoms with Gasteiger partial charge < -0.3 is 9.64 Å². The van der Waals surface area contributed by atoms with Crippen molar-refractivity contribution in [3.05, 3.63) is 47.9 Å². The van der Waals surface area contributed by atoms with Crippen LogP contribution in [0.15, 0.2) is 47.3 Å². The molecular formula is C21H32N2OS. The summed E-state index contributed by atoms with van der Waals surface area (Å²) in [7, 11) is 5.96. The van der Waals surface area contributed by atoms with Crippen LogP contribution in [0.4, 0.5) is 0 Å². The number of likely N-dealkylation sites (N-methyl/N-ethyl adjacent to an activating group) is 1. The van der Waals surface area contributed by atoms with E-state index in [9.17, 15) is 0 Å². The predicted molar refractivity (Wildman–Crippen MR) is 110 cm³/mol. The van der Waals surface area contributed by atoms with Crippen LogP contribution in [0.3, 0.4) is 0 Å². The zero-order chi connectivity index (χ0) is 18.2. The van der Waals surface area contributed by atoms with Crippen LogP contribution < -0.4 is 0 Å². The Labute approximate surface area is 157 Å². The Morgan fingerprint density at radius 1 is 1.44 bits per heavy atom. The first kappa shape index (κ1) is 20.2. The van der Waals surface area contributed by atoms with Gasteiger partial charge >= 0.3 is 0 Å². The first-order valence-corrected chi connectivity index (χ1v) is 10.0. The molecule has 1 aromatic rings. The van der Waals surface area contributed by atoms with E-state index in [-0.39, 0.29) is 6.10 Å². The predicted octanol–water partition coefficient (Wildman–Crippen LogP) is 4.50. The highest BCUT2D eigenvalue weighted by Crippen LogP contribution is 2.33. The summed E-state index contributed by atoms with van der Waals surface area (Å²) in [6.45, 7) is 7.38. The molecule has 1 aliphatic rings. The molecule has 0 N–H and O–H groups in total. The minimum Gasteiger partial charge on any atom is -0.380 e. The second-order valence-electron chi connectivity index (χ2n) is 6.89. The number of ether oxygens (including phenoxy) is 1. The molecule has 0 amide bonds. The number of benzene rings is 1. The molecule has 1 aromatic carbocycles. The Hall–Kier alpha value is -1.10. The number of rotatable bonds is 8. The third-order valence-electron chi connectivity index (χ3n) is 5.42. The van der Waals surface area contributed by atoms with E-state index in [0.29, 0.717) is 17.9 Å². The monoisotopic (exact) mass is 360 g/mol. The van der Waals surface area contributed by atoms with Gasteiger partial charge in [-0.25, -0.2) is 0 Å². The number of hydrogen-bond acceptors (Lipinski definition) is 4. The fourth-order valence-electron chi connectivity index (χ4n) is 4.06. The van der Waals surface area contributed by atoms with E-state index in [1.165, 1.54) is 18.4 Å². The maximum Gasteiger partial charge on any atom is 0.0758 e. The van der Waals surface area contributed by atoms with E-state index in [1.54, 1.807) is 11.8 Å². The lowest BCUT2D eigenvalue weighted by molar-refractivity contribution is -0.00659. The van der Waals surface area contributed by atoms with Crippen molar-refractivity contribution in [2.45, 2.75) is 38.3 Å². The van der Waals surface area contributed by atoms with Gasteiger partial charge in [-0.1, -0.05) is 55.6 Å². The van der Waals surface area contributed by atoms with Crippen molar-refractivity contribution >= 4 is 16.8 Å². The summed E-state index contributed by atoms with van der Waals surface area (Å²) < 4.78 is 6.03. The van der Waals surface area contributed by atoms with Crippen molar-refractivity contribution in [2.75, 3.05) is 27.7 Å². The average molecular weight is 361 g/mol. The molecule has 0 aliphatic carbocycles. The molecular weight excluding hydrogens is 328 g/mol. The molecule has 25 heavy (non-hydrogen) atoms. The zero-order valence-electron chi connectivity index (χ0n) is 16.0. The fourth-order valence-corrected chi connectivity index (χ4v) is 4.81. The normalized spacial score (nSPS) is 22.6. The Morgan fingerprint density at radius 3 is 2.68 bits per heavy atom. The maximum atomic E-state index is 6.03. The smallest absolute Gasteiger partial charge is 0.0758 e. The summed E-state index contributed by atoms with van der Waals surface area (Å²) in [5, 5.41) is 3.03. The summed E-state index contributed by atoms with van der Waals surface area (Å²) in [5.74, 6) is 0.705. The lowest BCUT2D eigenvalue weighted by Gasteiger charge is -2.36. The number of thioether (sulfide) groups is 1. The largest absolute Gasteiger partial charge is 0.380 e. The van der Waals surface area contributed by atoms with E-state index >= 15 is 0 Å². The van der Waals surface area contributed by atoms with Gasteiger partial charge in [-0.15, -0.1) is 0 Å². The van der Waals surface area contributed by atoms with Crippen LogP contribution >= 0.6 is 11.8 Å². The van der Waals surface area contributed by atoms with Crippen LogP contribution in [0.2, 0.25) is 0 Å². The Balaban J connectivity index is 2.26. The van der Waals surface area contributed by atoms with Gasteiger partial charge in [-0.2, -0.15) is 0 Å². The first-order valence-electron chi connectivity index (χ1n) is 9.13. The summed E-state index contributed by atoms with van der Waals surface area (Å²) in [4.78, 5) is 7.05. The van der Waals surface area contributed by atoms with E-state index in [1.807, 2.05) is 19.6 Å². The van der Waals surface area contributed by atoms with E-state index in [2.05, 4.69) is 60.8 Å². The van der Waals surface area contributed by atoms with Crippen molar-refractivity contribution in [3.8, 4) is 0 Å². The molecule has 1 heterocycles. The van der Waals surface area contributed by atoms with Gasteiger partial charge in [0.25, 0.3) is 0 Å². The third kappa shape index (κ3) is 5.19. The second kappa shape index (κ2) is 10.1. The summed E-state index contributed by atoms with van der Waals surface area (Å²) in [6.07, 6.45) is 3.66. The maximum absolute atomic E-state index is 6.03. The number of likely N-dealkylation sites (tertiary alicyclic amines) is 1. The van der Waals surface area contributed by atoms with Crippen LogP contribution in [0.1, 0.15) is 25.3 Å². The molecule has 1 aliphatic heterocycles. The summed E-state index contributed by atoms with van der Waals surface area (Å²) >= 11 is 1.65. The average Bonchev–Trinajstić information content (AvgIpc) is 3.05. The quantitative estimate of drug-likeness (QED) is 0.504. The summed E-state index contributed by atoms with van der Waals surface area (Å²) in [5.41, 5.74) is 1.35. The minimum atomic E-state index is 0.211. The van der Waals surface area contributed by atoms with E-state index in [4.69, 9.17) is 4.74 Å². The number of aliphatic imine (C=N–C) groups is 1. The molecule has 2 rings (SSSR count). The molecule has 4 atom stereocenters. The van der Waals surface area contributed by atoms with Crippen molar-refractivity contribution in [2.24, 2.45) is 16.8 Å². The van der Waals surface area contributed by atoms with Gasteiger partial charge in [-0.05, 0) is 49.7 Å². The number of hydrogen-bond donors (Lipinski definition) is 0. The van der Waals surface area contributed by atoms with Crippen LogP contribution in [-0.2, 0) is 11.2 Å². The van der Waals surface area contributed by atoms with Crippen molar-refractivity contribution < 1.29 is 4.74 Å². The van der Waals surface area contributed by atoms with Crippen LogP contribution in [0.5, 0.6) is 0 Å². The fraction of sp³-hybridized carbons (Fsp3) is 0.571. The number of nitrogens with zero attached hydrogens (tertiary/aromatic N) is 2. The molecule has 0 aromatic heterocycles. The van der Waals surface area contributed by atoms with Gasteiger partial charge in [0, 0.05) is 26.1 Å². The Kier molecular flexibility index (Phi) is 8.20. The lowest BCUT2D eigenvalue weighted by atomic mass is 9.82. The Bertz CT molecular complexity index is 560. The van der Waals surface area contributed by atoms with Gasteiger partial charge in [-0.3, -0.25) is 4.99 Å². The zero-order valence-corrected chi connectivity index (χ0v) is 16.8. The molecule has 138 valence electrons. The molecule has 0 bridgehead atoms. The third-order valence-corrected chi connectivity index (χ3v) is 6.31. The SMILES string of the molecule is C=CSC(=NC)C(Cc1ccccc1)C(C)C(OC)C1CCCN1C. The molecule has 0 spiro atoms. The highest BCUT2D eigenvalue weighted by molar-refractivity contribution is 8.16. The van der Waals surface area contributed by atoms with Gasteiger partial charge in [0.2, 0.25) is 0 Å². The van der Waals surface area contributed by atoms with Crippen molar-refractivity contribution in [1.29, 1.82) is 0 Å². The molecule has 3 nitrogen and oxygen atoms in total. The molecule has 1 fully saturated rings. The molecule has 1 saturated heterocycles. The van der Waals surface area contributed by atoms with Crippen LogP contribution in [0, 0.1) is 11.8 Å².